The number of H-pyrrole nitrogens is 1. The van der Waals surface area contributed by atoms with E-state index < -0.39 is 5.76 Å². The van der Waals surface area contributed by atoms with Gasteiger partial charge in [-0.1, -0.05) is 49.3 Å². The first-order valence-corrected chi connectivity index (χ1v) is 6.93. The standard InChI is InChI=1S/C15H19N3O3/c1-10(2)8-12(11-6-4-3-5-7-11)14(19)16-9-13-17-15(20)21-18-13/h3-7,10,12H,8-9H2,1-2H3,(H,16,19)(H,17,18,20). The monoisotopic (exact) mass is 289 g/mol. The molecule has 1 amide bonds. The van der Waals surface area contributed by atoms with Crippen LogP contribution in [0.1, 0.15) is 37.6 Å². The summed E-state index contributed by atoms with van der Waals surface area (Å²) in [5.74, 6) is -0.220. The second-order valence-electron chi connectivity index (χ2n) is 5.35. The zero-order chi connectivity index (χ0) is 15.2. The summed E-state index contributed by atoms with van der Waals surface area (Å²) in [6.45, 7) is 4.31. The van der Waals surface area contributed by atoms with Crippen LogP contribution in [-0.4, -0.2) is 16.0 Å². The van der Waals surface area contributed by atoms with Crippen molar-refractivity contribution in [2.75, 3.05) is 0 Å². The molecule has 1 unspecified atom stereocenters. The number of amides is 1. The van der Waals surface area contributed by atoms with Crippen LogP contribution in [0.5, 0.6) is 0 Å². The lowest BCUT2D eigenvalue weighted by Gasteiger charge is -2.18. The first kappa shape index (κ1) is 15.0. The molecule has 2 aromatic rings. The predicted molar refractivity (Wildman–Crippen MR) is 77.6 cm³/mol. The van der Waals surface area contributed by atoms with Crippen LogP contribution in [0.2, 0.25) is 0 Å². The van der Waals surface area contributed by atoms with Crippen molar-refractivity contribution in [1.29, 1.82) is 0 Å². The van der Waals surface area contributed by atoms with E-state index >= 15 is 0 Å². The minimum Gasteiger partial charge on any atom is -0.348 e. The Hall–Kier alpha value is -2.37. The number of aromatic amines is 1. The zero-order valence-corrected chi connectivity index (χ0v) is 12.1. The highest BCUT2D eigenvalue weighted by molar-refractivity contribution is 5.83. The molecule has 0 saturated carbocycles. The smallest absolute Gasteiger partial charge is 0.348 e. The maximum atomic E-state index is 12.4. The lowest BCUT2D eigenvalue weighted by atomic mass is 9.89. The third kappa shape index (κ3) is 4.30. The summed E-state index contributed by atoms with van der Waals surface area (Å²) in [6.07, 6.45) is 0.755. The molecule has 21 heavy (non-hydrogen) atoms. The molecular formula is C15H19N3O3. The van der Waals surface area contributed by atoms with E-state index in [4.69, 9.17) is 0 Å². The first-order chi connectivity index (χ1) is 10.1. The van der Waals surface area contributed by atoms with Crippen LogP contribution < -0.4 is 11.1 Å². The van der Waals surface area contributed by atoms with Crippen molar-refractivity contribution in [3.63, 3.8) is 0 Å². The summed E-state index contributed by atoms with van der Waals surface area (Å²) in [6, 6.07) is 9.67. The number of hydrogen-bond acceptors (Lipinski definition) is 4. The molecule has 6 heteroatoms. The van der Waals surface area contributed by atoms with Gasteiger partial charge in [0.05, 0.1) is 12.5 Å². The summed E-state index contributed by atoms with van der Waals surface area (Å²) in [5, 5.41) is 6.31. The van der Waals surface area contributed by atoms with Crippen molar-refractivity contribution in [3.8, 4) is 0 Å². The van der Waals surface area contributed by atoms with Crippen LogP contribution in [-0.2, 0) is 11.3 Å². The van der Waals surface area contributed by atoms with Gasteiger partial charge in [-0.05, 0) is 17.9 Å². The normalized spacial score (nSPS) is 12.3. The lowest BCUT2D eigenvalue weighted by molar-refractivity contribution is -0.123. The van der Waals surface area contributed by atoms with E-state index in [1.807, 2.05) is 30.3 Å². The van der Waals surface area contributed by atoms with Gasteiger partial charge >= 0.3 is 5.76 Å². The van der Waals surface area contributed by atoms with Crippen LogP contribution >= 0.6 is 0 Å². The minimum absolute atomic E-state index is 0.0845. The summed E-state index contributed by atoms with van der Waals surface area (Å²) in [7, 11) is 0. The summed E-state index contributed by atoms with van der Waals surface area (Å²) in [5.41, 5.74) is 0.984. The first-order valence-electron chi connectivity index (χ1n) is 6.93. The van der Waals surface area contributed by atoms with Crippen LogP contribution in [0.3, 0.4) is 0 Å². The molecule has 112 valence electrons. The average molecular weight is 289 g/mol. The highest BCUT2D eigenvalue weighted by Gasteiger charge is 2.21. The highest BCUT2D eigenvalue weighted by Crippen LogP contribution is 2.23. The van der Waals surface area contributed by atoms with Gasteiger partial charge in [0.25, 0.3) is 0 Å². The molecule has 0 aliphatic carbocycles. The number of nitrogens with zero attached hydrogens (tertiary/aromatic N) is 1. The fourth-order valence-corrected chi connectivity index (χ4v) is 2.18. The Balaban J connectivity index is 2.05. The number of nitrogens with one attached hydrogen (secondary N) is 2. The van der Waals surface area contributed by atoms with Gasteiger partial charge in [-0.2, -0.15) is 0 Å². The van der Waals surface area contributed by atoms with Gasteiger partial charge in [-0.25, -0.2) is 4.79 Å². The molecule has 0 bridgehead atoms. The molecule has 1 aromatic carbocycles. The maximum Gasteiger partial charge on any atom is 0.438 e. The molecule has 0 radical (unpaired) electrons. The molecule has 1 atom stereocenters. The van der Waals surface area contributed by atoms with Crippen LogP contribution in [0, 0.1) is 5.92 Å². The number of aromatic nitrogens is 2. The van der Waals surface area contributed by atoms with Gasteiger partial charge < -0.3 is 5.32 Å². The van der Waals surface area contributed by atoms with E-state index in [2.05, 4.69) is 33.8 Å². The van der Waals surface area contributed by atoms with Crippen molar-refractivity contribution in [3.05, 3.63) is 52.3 Å². The maximum absolute atomic E-state index is 12.4. The number of carbonyl (C=O) groups excluding carboxylic acids is 1. The van der Waals surface area contributed by atoms with Crippen molar-refractivity contribution in [1.82, 2.24) is 15.5 Å². The van der Waals surface area contributed by atoms with E-state index in [9.17, 15) is 9.59 Å². The fraction of sp³-hybridized carbons (Fsp3) is 0.400. The SMILES string of the molecule is CC(C)CC(C(=O)NCc1noc(=O)[nH]1)c1ccccc1. The molecular weight excluding hydrogens is 270 g/mol. The van der Waals surface area contributed by atoms with E-state index in [-0.39, 0.29) is 18.4 Å². The van der Waals surface area contributed by atoms with Gasteiger partial charge in [0.15, 0.2) is 5.82 Å². The number of hydrogen-bond donors (Lipinski definition) is 2. The number of rotatable bonds is 6. The largest absolute Gasteiger partial charge is 0.438 e. The average Bonchev–Trinajstić information content (AvgIpc) is 2.88. The lowest BCUT2D eigenvalue weighted by Crippen LogP contribution is -2.30. The van der Waals surface area contributed by atoms with Gasteiger partial charge in [0.1, 0.15) is 0 Å². The third-order valence-electron chi connectivity index (χ3n) is 3.14. The van der Waals surface area contributed by atoms with Crippen LogP contribution in [0.15, 0.2) is 39.6 Å². The minimum atomic E-state index is -0.624. The molecule has 0 aliphatic heterocycles. The van der Waals surface area contributed by atoms with Gasteiger partial charge in [0, 0.05) is 0 Å². The zero-order valence-electron chi connectivity index (χ0n) is 12.1. The number of benzene rings is 1. The van der Waals surface area contributed by atoms with Crippen LogP contribution in [0.4, 0.5) is 0 Å². The molecule has 1 aromatic heterocycles. The van der Waals surface area contributed by atoms with E-state index in [1.54, 1.807) is 0 Å². The second-order valence-corrected chi connectivity index (χ2v) is 5.35. The van der Waals surface area contributed by atoms with E-state index in [0.29, 0.717) is 11.7 Å². The molecule has 0 fully saturated rings. The fourth-order valence-electron chi connectivity index (χ4n) is 2.18. The molecule has 2 rings (SSSR count). The highest BCUT2D eigenvalue weighted by atomic mass is 16.5. The Morgan fingerprint density at radius 2 is 2.05 bits per heavy atom. The van der Waals surface area contributed by atoms with Crippen molar-refractivity contribution >= 4 is 5.91 Å². The Bertz CT molecular complexity index is 631. The van der Waals surface area contributed by atoms with Crippen LogP contribution in [0.25, 0.3) is 0 Å². The molecule has 2 N–H and O–H groups in total. The van der Waals surface area contributed by atoms with Crippen molar-refractivity contribution in [2.45, 2.75) is 32.7 Å². The van der Waals surface area contributed by atoms with Gasteiger partial charge in [-0.15, -0.1) is 0 Å². The van der Waals surface area contributed by atoms with Gasteiger partial charge in [-0.3, -0.25) is 14.3 Å². The third-order valence-corrected chi connectivity index (χ3v) is 3.14. The quantitative estimate of drug-likeness (QED) is 0.849. The summed E-state index contributed by atoms with van der Waals surface area (Å²) < 4.78 is 4.39. The predicted octanol–water partition coefficient (Wildman–Crippen LogP) is 1.81. The topological polar surface area (TPSA) is 88.0 Å². The van der Waals surface area contributed by atoms with E-state index in [1.165, 1.54) is 0 Å². The second kappa shape index (κ2) is 6.88. The molecule has 1 heterocycles. The van der Waals surface area contributed by atoms with Crippen molar-refractivity contribution in [2.24, 2.45) is 5.92 Å². The number of carbonyl (C=O) groups is 1. The molecule has 6 nitrogen and oxygen atoms in total. The van der Waals surface area contributed by atoms with Crippen molar-refractivity contribution < 1.29 is 9.32 Å². The summed E-state index contributed by atoms with van der Waals surface area (Å²) >= 11 is 0. The van der Waals surface area contributed by atoms with E-state index in [0.717, 1.165) is 12.0 Å². The molecule has 0 saturated heterocycles. The Morgan fingerprint density at radius 1 is 1.33 bits per heavy atom. The Morgan fingerprint density at radius 3 is 2.62 bits per heavy atom. The Labute approximate surface area is 122 Å². The van der Waals surface area contributed by atoms with Gasteiger partial charge in [0.2, 0.25) is 5.91 Å². The molecule has 0 aliphatic rings. The Kier molecular flexibility index (Phi) is 4.92. The summed E-state index contributed by atoms with van der Waals surface area (Å²) in [4.78, 5) is 25.6. The molecule has 0 spiro atoms.